The summed E-state index contributed by atoms with van der Waals surface area (Å²) in [7, 11) is 0. The van der Waals surface area contributed by atoms with Crippen LogP contribution in [-0.4, -0.2) is 52.0 Å². The van der Waals surface area contributed by atoms with Gasteiger partial charge in [-0.05, 0) is 36.2 Å². The lowest BCUT2D eigenvalue weighted by atomic mass is 10.1. The Morgan fingerprint density at radius 3 is 2.55 bits per heavy atom. The van der Waals surface area contributed by atoms with Gasteiger partial charge in [0, 0.05) is 42.3 Å². The molecule has 29 heavy (non-hydrogen) atoms. The zero-order valence-electron chi connectivity index (χ0n) is 16.3. The normalized spacial score (nSPS) is 14.9. The van der Waals surface area contributed by atoms with Crippen molar-refractivity contribution in [2.75, 3.05) is 26.2 Å². The van der Waals surface area contributed by atoms with Gasteiger partial charge in [-0.15, -0.1) is 0 Å². The standard InChI is InChI=1S/C22H23ClN4O2/c1-2-16-6-8-17(9-7-16)22(28)27-12-10-26(11-13-27)15-20-24-21(25-29-20)18-4-3-5-19(23)14-18/h3-9,14H,2,10-13,15H2,1H3. The summed E-state index contributed by atoms with van der Waals surface area (Å²) in [5.74, 6) is 1.19. The first kappa shape index (κ1) is 19.6. The van der Waals surface area contributed by atoms with Crippen LogP contribution in [0.5, 0.6) is 0 Å². The maximum atomic E-state index is 12.7. The molecule has 3 aromatic rings. The van der Waals surface area contributed by atoms with Crippen molar-refractivity contribution < 1.29 is 9.32 Å². The number of hydrogen-bond acceptors (Lipinski definition) is 5. The average molecular weight is 411 g/mol. The first-order chi connectivity index (χ1) is 14.1. The third-order valence-corrected chi connectivity index (χ3v) is 5.41. The van der Waals surface area contributed by atoms with E-state index in [2.05, 4.69) is 22.0 Å². The summed E-state index contributed by atoms with van der Waals surface area (Å²) in [5.41, 5.74) is 2.82. The predicted molar refractivity (Wildman–Crippen MR) is 112 cm³/mol. The molecule has 0 spiro atoms. The SMILES string of the molecule is CCc1ccc(C(=O)N2CCN(Cc3nc(-c4cccc(Cl)c4)no3)CC2)cc1. The van der Waals surface area contributed by atoms with Gasteiger partial charge >= 0.3 is 0 Å². The monoisotopic (exact) mass is 410 g/mol. The largest absolute Gasteiger partial charge is 0.338 e. The Morgan fingerprint density at radius 2 is 1.86 bits per heavy atom. The highest BCUT2D eigenvalue weighted by atomic mass is 35.5. The van der Waals surface area contributed by atoms with E-state index in [0.29, 0.717) is 36.4 Å². The predicted octanol–water partition coefficient (Wildman–Crippen LogP) is 3.91. The van der Waals surface area contributed by atoms with Crippen molar-refractivity contribution in [1.82, 2.24) is 19.9 Å². The summed E-state index contributed by atoms with van der Waals surface area (Å²) < 4.78 is 5.40. The minimum Gasteiger partial charge on any atom is -0.338 e. The number of hydrogen-bond donors (Lipinski definition) is 0. The molecule has 0 aliphatic carbocycles. The second-order valence-corrected chi connectivity index (χ2v) is 7.58. The molecular formula is C22H23ClN4O2. The molecule has 0 radical (unpaired) electrons. The van der Waals surface area contributed by atoms with Gasteiger partial charge in [0.2, 0.25) is 11.7 Å². The van der Waals surface area contributed by atoms with E-state index in [4.69, 9.17) is 16.1 Å². The summed E-state index contributed by atoms with van der Waals surface area (Å²) in [6.45, 7) is 5.59. The molecule has 1 aromatic heterocycles. The Kier molecular flexibility index (Phi) is 5.92. The summed E-state index contributed by atoms with van der Waals surface area (Å²) in [4.78, 5) is 21.3. The smallest absolute Gasteiger partial charge is 0.253 e. The van der Waals surface area contributed by atoms with Crippen LogP contribution < -0.4 is 0 Å². The van der Waals surface area contributed by atoms with Crippen LogP contribution in [0, 0.1) is 0 Å². The lowest BCUT2D eigenvalue weighted by molar-refractivity contribution is 0.0615. The van der Waals surface area contributed by atoms with E-state index in [9.17, 15) is 4.79 Å². The van der Waals surface area contributed by atoms with Crippen LogP contribution in [0.2, 0.25) is 5.02 Å². The molecule has 6 nitrogen and oxygen atoms in total. The van der Waals surface area contributed by atoms with Gasteiger partial charge in [0.15, 0.2) is 0 Å². The Balaban J connectivity index is 1.32. The quantitative estimate of drug-likeness (QED) is 0.638. The molecule has 7 heteroatoms. The van der Waals surface area contributed by atoms with E-state index < -0.39 is 0 Å². The van der Waals surface area contributed by atoms with Gasteiger partial charge in [-0.1, -0.05) is 47.9 Å². The fourth-order valence-electron chi connectivity index (χ4n) is 3.43. The lowest BCUT2D eigenvalue weighted by Crippen LogP contribution is -2.48. The van der Waals surface area contributed by atoms with Crippen molar-refractivity contribution in [3.05, 3.63) is 70.6 Å². The zero-order chi connectivity index (χ0) is 20.2. The molecule has 150 valence electrons. The maximum Gasteiger partial charge on any atom is 0.253 e. The van der Waals surface area contributed by atoms with Crippen molar-refractivity contribution >= 4 is 17.5 Å². The molecule has 2 aromatic carbocycles. The van der Waals surface area contributed by atoms with E-state index in [1.54, 1.807) is 0 Å². The number of amides is 1. The van der Waals surface area contributed by atoms with Crippen LogP contribution in [0.25, 0.3) is 11.4 Å². The van der Waals surface area contributed by atoms with Crippen molar-refractivity contribution in [3.63, 3.8) is 0 Å². The fraction of sp³-hybridized carbons (Fsp3) is 0.318. The highest BCUT2D eigenvalue weighted by Crippen LogP contribution is 2.20. The van der Waals surface area contributed by atoms with E-state index in [1.165, 1.54) is 5.56 Å². The molecule has 1 fully saturated rings. The number of carbonyl (C=O) groups is 1. The van der Waals surface area contributed by atoms with Crippen molar-refractivity contribution in [2.45, 2.75) is 19.9 Å². The summed E-state index contributed by atoms with van der Waals surface area (Å²) in [6, 6.07) is 15.3. The van der Waals surface area contributed by atoms with Gasteiger partial charge in [0.1, 0.15) is 0 Å². The molecule has 1 aliphatic rings. The van der Waals surface area contributed by atoms with E-state index in [-0.39, 0.29) is 5.91 Å². The highest BCUT2D eigenvalue weighted by molar-refractivity contribution is 6.30. The number of rotatable bonds is 5. The molecule has 1 saturated heterocycles. The van der Waals surface area contributed by atoms with E-state index in [1.807, 2.05) is 53.4 Å². The highest BCUT2D eigenvalue weighted by Gasteiger charge is 2.23. The van der Waals surface area contributed by atoms with Gasteiger partial charge in [-0.3, -0.25) is 9.69 Å². The molecule has 1 amide bonds. The second kappa shape index (κ2) is 8.76. The third-order valence-electron chi connectivity index (χ3n) is 5.18. The zero-order valence-corrected chi connectivity index (χ0v) is 17.1. The Hall–Kier alpha value is -2.70. The number of nitrogens with zero attached hydrogens (tertiary/aromatic N) is 4. The lowest BCUT2D eigenvalue weighted by Gasteiger charge is -2.34. The van der Waals surface area contributed by atoms with Gasteiger partial charge in [0.25, 0.3) is 5.91 Å². The summed E-state index contributed by atoms with van der Waals surface area (Å²) in [6.07, 6.45) is 0.974. The number of carbonyl (C=O) groups excluding carboxylic acids is 1. The van der Waals surface area contributed by atoms with Gasteiger partial charge < -0.3 is 9.42 Å². The van der Waals surface area contributed by atoms with Crippen LogP contribution in [-0.2, 0) is 13.0 Å². The third kappa shape index (κ3) is 4.66. The number of piperazine rings is 1. The van der Waals surface area contributed by atoms with Crippen molar-refractivity contribution in [3.8, 4) is 11.4 Å². The Morgan fingerprint density at radius 1 is 1.10 bits per heavy atom. The molecule has 0 N–H and O–H groups in total. The number of aryl methyl sites for hydroxylation is 1. The van der Waals surface area contributed by atoms with Gasteiger partial charge in [-0.25, -0.2) is 0 Å². The molecule has 0 unspecified atom stereocenters. The molecule has 0 saturated carbocycles. The van der Waals surface area contributed by atoms with E-state index >= 15 is 0 Å². The van der Waals surface area contributed by atoms with Crippen LogP contribution in [0.15, 0.2) is 53.1 Å². The average Bonchev–Trinajstić information content (AvgIpc) is 3.22. The molecule has 1 aliphatic heterocycles. The molecule has 2 heterocycles. The summed E-state index contributed by atoms with van der Waals surface area (Å²) in [5, 5.41) is 4.69. The maximum absolute atomic E-state index is 12.7. The number of benzene rings is 2. The minimum absolute atomic E-state index is 0.0911. The van der Waals surface area contributed by atoms with E-state index in [0.717, 1.165) is 30.6 Å². The first-order valence-electron chi connectivity index (χ1n) is 9.81. The topological polar surface area (TPSA) is 62.5 Å². The fourth-order valence-corrected chi connectivity index (χ4v) is 3.62. The van der Waals surface area contributed by atoms with Crippen molar-refractivity contribution in [2.24, 2.45) is 0 Å². The number of aromatic nitrogens is 2. The molecule has 0 bridgehead atoms. The summed E-state index contributed by atoms with van der Waals surface area (Å²) >= 11 is 6.03. The minimum atomic E-state index is 0.0911. The molecular weight excluding hydrogens is 388 g/mol. The Labute approximate surface area is 175 Å². The van der Waals surface area contributed by atoms with Gasteiger partial charge in [-0.2, -0.15) is 4.98 Å². The van der Waals surface area contributed by atoms with Gasteiger partial charge in [0.05, 0.1) is 6.54 Å². The van der Waals surface area contributed by atoms with Crippen molar-refractivity contribution in [1.29, 1.82) is 0 Å². The van der Waals surface area contributed by atoms with Crippen LogP contribution in [0.3, 0.4) is 0 Å². The van der Waals surface area contributed by atoms with Crippen LogP contribution in [0.1, 0.15) is 28.7 Å². The first-order valence-corrected chi connectivity index (χ1v) is 10.2. The second-order valence-electron chi connectivity index (χ2n) is 7.14. The number of halogens is 1. The van der Waals surface area contributed by atoms with Crippen LogP contribution >= 0.6 is 11.6 Å². The Bertz CT molecular complexity index is 978. The molecule has 4 rings (SSSR count). The molecule has 0 atom stereocenters. The van der Waals surface area contributed by atoms with Crippen LogP contribution in [0.4, 0.5) is 0 Å².